The maximum Gasteiger partial charge on any atom is 0.331 e. The van der Waals surface area contributed by atoms with Crippen molar-refractivity contribution in [3.63, 3.8) is 0 Å². The van der Waals surface area contributed by atoms with Crippen LogP contribution in [-0.2, 0) is 25.5 Å². The van der Waals surface area contributed by atoms with Crippen molar-refractivity contribution in [2.45, 2.75) is 39.2 Å². The number of hydrogen-bond acceptors (Lipinski definition) is 7. The Balaban J connectivity index is 1.51. The third-order valence-electron chi connectivity index (χ3n) is 6.69. The van der Waals surface area contributed by atoms with Gasteiger partial charge < -0.3 is 14.8 Å². The van der Waals surface area contributed by atoms with Gasteiger partial charge >= 0.3 is 5.97 Å². The fourth-order valence-electron chi connectivity index (χ4n) is 4.82. The molecule has 1 aliphatic carbocycles. The number of rotatable bonds is 7. The number of esters is 1. The smallest absolute Gasteiger partial charge is 0.331 e. The molecule has 1 amide bonds. The summed E-state index contributed by atoms with van der Waals surface area (Å²) in [5.74, 6) is -1.04. The van der Waals surface area contributed by atoms with Gasteiger partial charge in [0.15, 0.2) is 11.8 Å². The van der Waals surface area contributed by atoms with Crippen LogP contribution < -0.4 is 5.32 Å². The van der Waals surface area contributed by atoms with Crippen molar-refractivity contribution in [3.05, 3.63) is 57.8 Å². The summed E-state index contributed by atoms with van der Waals surface area (Å²) in [4.78, 5) is 46.8. The molecule has 1 aliphatic heterocycles. The largest absolute Gasteiger partial charge is 0.464 e. The molecule has 190 valence electrons. The number of benzene rings is 1. The number of pyridine rings is 1. The van der Waals surface area contributed by atoms with Gasteiger partial charge in [0.05, 0.1) is 33.5 Å². The van der Waals surface area contributed by atoms with E-state index in [2.05, 4.69) is 10.3 Å². The van der Waals surface area contributed by atoms with Gasteiger partial charge in [-0.3, -0.25) is 19.6 Å². The lowest BCUT2D eigenvalue weighted by Crippen LogP contribution is -2.60. The summed E-state index contributed by atoms with van der Waals surface area (Å²) in [6, 6.07) is 6.28. The van der Waals surface area contributed by atoms with E-state index in [1.165, 1.54) is 12.4 Å². The number of aliphatic imine (C=N–C) groups is 1. The molecule has 1 saturated heterocycles. The highest BCUT2D eigenvalue weighted by molar-refractivity contribution is 6.40. The molecule has 0 bridgehead atoms. The van der Waals surface area contributed by atoms with E-state index in [1.54, 1.807) is 31.2 Å². The van der Waals surface area contributed by atoms with Crippen LogP contribution in [0.15, 0.2) is 41.7 Å². The standard InChI is InChI=1S/C26H27Cl2N3O5/c1-3-36-25(34)20(31-22-15(2)23(32)26(22)8-10-35-11-9-26)12-16-4-6-17(7-5-16)30-24(33)21-18(27)13-29-14-19(21)28/h4-7,13-15,20H,3,8-12H2,1-2H3,(H,30,33)/t15?,20-/m0/s1. The molecule has 1 saturated carbocycles. The van der Waals surface area contributed by atoms with Crippen LogP contribution in [0, 0.1) is 11.3 Å². The molecular formula is C26H27Cl2N3O5. The van der Waals surface area contributed by atoms with Crippen molar-refractivity contribution in [1.82, 2.24) is 4.98 Å². The number of amides is 1. The van der Waals surface area contributed by atoms with E-state index >= 15 is 0 Å². The summed E-state index contributed by atoms with van der Waals surface area (Å²) in [6.07, 6.45) is 4.17. The topological polar surface area (TPSA) is 107 Å². The molecule has 2 atom stereocenters. The second-order valence-corrected chi connectivity index (χ2v) is 9.71. The van der Waals surface area contributed by atoms with Crippen molar-refractivity contribution < 1.29 is 23.9 Å². The number of halogens is 2. The molecule has 4 rings (SSSR count). The van der Waals surface area contributed by atoms with Crippen LogP contribution in [0.4, 0.5) is 5.69 Å². The molecule has 1 N–H and O–H groups in total. The van der Waals surface area contributed by atoms with Crippen LogP contribution in [0.25, 0.3) is 0 Å². The molecular weight excluding hydrogens is 505 g/mol. The minimum atomic E-state index is -0.773. The van der Waals surface area contributed by atoms with Gasteiger partial charge in [-0.15, -0.1) is 0 Å². The Bertz CT molecular complexity index is 1170. The number of hydrogen-bond donors (Lipinski definition) is 1. The molecule has 2 aliphatic rings. The van der Waals surface area contributed by atoms with Gasteiger partial charge in [-0.05, 0) is 37.5 Å². The first kappa shape index (κ1) is 26.3. The fraction of sp³-hybridized carbons (Fsp3) is 0.423. The Kier molecular flexibility index (Phi) is 8.07. The van der Waals surface area contributed by atoms with Gasteiger partial charge in [0.25, 0.3) is 5.91 Å². The molecule has 1 spiro atoms. The number of Topliss-reactive ketones (excluding diaryl/α,β-unsaturated/α-hetero) is 1. The number of carbonyl (C=O) groups is 3. The van der Waals surface area contributed by atoms with Gasteiger partial charge in [0.1, 0.15) is 0 Å². The number of aromatic nitrogens is 1. The lowest BCUT2D eigenvalue weighted by atomic mass is 9.56. The first-order valence-corrected chi connectivity index (χ1v) is 12.6. The number of nitrogens with zero attached hydrogens (tertiary/aromatic N) is 2. The average molecular weight is 532 g/mol. The lowest BCUT2D eigenvalue weighted by Gasteiger charge is -2.48. The second kappa shape index (κ2) is 11.1. The molecule has 2 aromatic rings. The van der Waals surface area contributed by atoms with E-state index in [0.29, 0.717) is 38.2 Å². The number of ether oxygens (including phenoxy) is 2. The maximum atomic E-state index is 12.8. The van der Waals surface area contributed by atoms with Gasteiger partial charge in [-0.1, -0.05) is 42.3 Å². The SMILES string of the molecule is CCOC(=O)[C@H](Cc1ccc(NC(=O)c2c(Cl)cncc2Cl)cc1)N=C1C(C)C(=O)C12CCOCC2. The van der Waals surface area contributed by atoms with Crippen LogP contribution in [0.5, 0.6) is 0 Å². The highest BCUT2D eigenvalue weighted by atomic mass is 35.5. The summed E-state index contributed by atoms with van der Waals surface area (Å²) in [5.41, 5.74) is 1.65. The van der Waals surface area contributed by atoms with E-state index in [4.69, 9.17) is 37.7 Å². The number of nitrogens with one attached hydrogen (secondary N) is 1. The molecule has 2 heterocycles. The van der Waals surface area contributed by atoms with E-state index in [9.17, 15) is 14.4 Å². The molecule has 0 radical (unpaired) electrons. The van der Waals surface area contributed by atoms with Gasteiger partial charge in [0, 0.05) is 43.4 Å². The highest BCUT2D eigenvalue weighted by Crippen LogP contribution is 2.47. The van der Waals surface area contributed by atoms with E-state index in [-0.39, 0.29) is 33.9 Å². The maximum absolute atomic E-state index is 12.8. The Hall–Kier alpha value is -2.81. The Morgan fingerprint density at radius 3 is 2.44 bits per heavy atom. The van der Waals surface area contributed by atoms with Gasteiger partial charge in [0.2, 0.25) is 0 Å². The van der Waals surface area contributed by atoms with Crippen molar-refractivity contribution in [3.8, 4) is 0 Å². The predicted octanol–water partition coefficient (Wildman–Crippen LogP) is 4.57. The lowest BCUT2D eigenvalue weighted by molar-refractivity contribution is -0.145. The van der Waals surface area contributed by atoms with E-state index in [1.807, 2.05) is 6.92 Å². The summed E-state index contributed by atoms with van der Waals surface area (Å²) in [6.45, 7) is 4.83. The van der Waals surface area contributed by atoms with E-state index < -0.39 is 23.3 Å². The van der Waals surface area contributed by atoms with Crippen LogP contribution in [0.1, 0.15) is 42.6 Å². The molecule has 10 heteroatoms. The van der Waals surface area contributed by atoms with Gasteiger partial charge in [-0.25, -0.2) is 4.79 Å². The number of ketones is 1. The molecule has 8 nitrogen and oxygen atoms in total. The average Bonchev–Trinajstić information content (AvgIpc) is 2.87. The predicted molar refractivity (Wildman–Crippen MR) is 137 cm³/mol. The van der Waals surface area contributed by atoms with Crippen LogP contribution >= 0.6 is 23.2 Å². The van der Waals surface area contributed by atoms with Crippen LogP contribution in [0.3, 0.4) is 0 Å². The minimum absolute atomic E-state index is 0.141. The van der Waals surface area contributed by atoms with E-state index in [0.717, 1.165) is 11.3 Å². The molecule has 1 aromatic heterocycles. The first-order chi connectivity index (χ1) is 17.3. The zero-order valence-electron chi connectivity index (χ0n) is 20.1. The summed E-state index contributed by atoms with van der Waals surface area (Å²) >= 11 is 12.1. The minimum Gasteiger partial charge on any atom is -0.464 e. The van der Waals surface area contributed by atoms with Crippen molar-refractivity contribution in [2.75, 3.05) is 25.1 Å². The number of anilines is 1. The fourth-order valence-corrected chi connectivity index (χ4v) is 5.35. The summed E-state index contributed by atoms with van der Waals surface area (Å²) in [5, 5.41) is 3.06. The molecule has 1 unspecified atom stereocenters. The summed E-state index contributed by atoms with van der Waals surface area (Å²) < 4.78 is 10.7. The molecule has 1 aromatic carbocycles. The summed E-state index contributed by atoms with van der Waals surface area (Å²) in [7, 11) is 0. The third kappa shape index (κ3) is 5.16. The van der Waals surface area contributed by atoms with Gasteiger partial charge in [-0.2, -0.15) is 0 Å². The number of carbonyl (C=O) groups excluding carboxylic acids is 3. The van der Waals surface area contributed by atoms with Crippen molar-refractivity contribution >= 4 is 52.3 Å². The van der Waals surface area contributed by atoms with Crippen molar-refractivity contribution in [2.24, 2.45) is 16.3 Å². The normalized spacial score (nSPS) is 20.6. The zero-order valence-corrected chi connectivity index (χ0v) is 21.6. The van der Waals surface area contributed by atoms with Crippen molar-refractivity contribution in [1.29, 1.82) is 0 Å². The first-order valence-electron chi connectivity index (χ1n) is 11.8. The third-order valence-corrected chi connectivity index (χ3v) is 7.26. The highest BCUT2D eigenvalue weighted by Gasteiger charge is 2.57. The van der Waals surface area contributed by atoms with Crippen LogP contribution in [0.2, 0.25) is 10.0 Å². The monoisotopic (exact) mass is 531 g/mol. The zero-order chi connectivity index (χ0) is 25.9. The quantitative estimate of drug-likeness (QED) is 0.524. The Morgan fingerprint density at radius 2 is 1.83 bits per heavy atom. The Morgan fingerprint density at radius 1 is 1.19 bits per heavy atom. The molecule has 2 fully saturated rings. The molecule has 36 heavy (non-hydrogen) atoms. The second-order valence-electron chi connectivity index (χ2n) is 8.90. The van der Waals surface area contributed by atoms with Crippen LogP contribution in [-0.4, -0.2) is 54.2 Å². The Labute approximate surface area is 219 Å².